The molecule has 27 heavy (non-hydrogen) atoms. The average Bonchev–Trinajstić information content (AvgIpc) is 2.86. The van der Waals surface area contributed by atoms with E-state index >= 15 is 0 Å². The van der Waals surface area contributed by atoms with E-state index in [0.717, 1.165) is 0 Å². The highest BCUT2D eigenvalue weighted by Crippen LogP contribution is 2.47. The van der Waals surface area contributed by atoms with Crippen molar-refractivity contribution < 1.29 is 65.6 Å². The van der Waals surface area contributed by atoms with Crippen molar-refractivity contribution in [1.82, 2.24) is 0 Å². The van der Waals surface area contributed by atoms with Crippen LogP contribution in [0.5, 0.6) is 0 Å². The number of nitrogens with zero attached hydrogens (tertiary/aromatic N) is 1. The molecular weight excluding hydrogens is 454 g/mol. The van der Waals surface area contributed by atoms with Gasteiger partial charge in [-0.05, 0) is 0 Å². The molecule has 1 N–H and O–H groups in total. The first kappa shape index (κ1) is 26.1. The van der Waals surface area contributed by atoms with Gasteiger partial charge in [-0.1, -0.05) is 0 Å². The van der Waals surface area contributed by atoms with E-state index in [1.165, 1.54) is 25.9 Å². The fraction of sp³-hybridized carbons (Fsp3) is 1.00. The van der Waals surface area contributed by atoms with E-state index < -0.39 is 42.9 Å². The standard InChI is InChI=1S/C5H11N.C4F10NO4S2/c1-6-4-2-3-5-6;5-1(6,7)3(11,12)20(16,17)15-21(18,19)4(13,14)2(8,9)10/h2-5H2,1H3;/q;-1/p+1. The van der Waals surface area contributed by atoms with Crippen LogP contribution >= 0.6 is 0 Å². The van der Waals surface area contributed by atoms with Crippen molar-refractivity contribution in [2.24, 2.45) is 0 Å². The van der Waals surface area contributed by atoms with Gasteiger partial charge in [-0.15, -0.1) is 0 Å². The molecule has 1 saturated heterocycles. The molecule has 0 unspecified atom stereocenters. The average molecular weight is 466 g/mol. The Morgan fingerprint density at radius 3 is 1.07 bits per heavy atom. The Labute approximate surface area is 146 Å². The molecule has 0 aromatic carbocycles. The van der Waals surface area contributed by atoms with Crippen molar-refractivity contribution in [2.75, 3.05) is 20.1 Å². The van der Waals surface area contributed by atoms with Gasteiger partial charge in [-0.25, -0.2) is 16.8 Å². The fourth-order valence-electron chi connectivity index (χ4n) is 1.49. The van der Waals surface area contributed by atoms with Crippen LogP contribution in [0, 0.1) is 0 Å². The summed E-state index contributed by atoms with van der Waals surface area (Å²) in [4.78, 5) is 1.70. The lowest BCUT2D eigenvalue weighted by Gasteiger charge is -2.31. The first-order valence-electron chi connectivity index (χ1n) is 6.54. The number of sulfonamides is 2. The number of halogens is 10. The van der Waals surface area contributed by atoms with Gasteiger partial charge >= 0.3 is 22.9 Å². The van der Waals surface area contributed by atoms with Crippen LogP contribution in [0.25, 0.3) is 4.13 Å². The fourth-order valence-corrected chi connectivity index (χ4v) is 3.86. The molecule has 1 aliphatic rings. The molecule has 0 spiro atoms. The second kappa shape index (κ2) is 7.86. The zero-order chi connectivity index (χ0) is 22.1. The summed E-state index contributed by atoms with van der Waals surface area (Å²) >= 11 is 0. The minimum Gasteiger partial charge on any atom is -0.425 e. The molecule has 0 atom stereocenters. The minimum absolute atomic E-state index is 0.422. The SMILES string of the molecule is C[NH+]1CCCC1.O=S(=O)([N-]S(=O)(=O)C(F)(F)C(F)(F)F)C(F)(F)C(F)(F)F. The lowest BCUT2D eigenvalue weighted by Crippen LogP contribution is -3.06. The Morgan fingerprint density at radius 2 is 0.926 bits per heavy atom. The predicted octanol–water partition coefficient (Wildman–Crippen LogP) is 1.62. The number of alkyl halides is 10. The second-order valence-electron chi connectivity index (χ2n) is 5.22. The second-order valence-corrected chi connectivity index (χ2v) is 8.74. The van der Waals surface area contributed by atoms with Gasteiger partial charge in [0.25, 0.3) is 0 Å². The lowest BCUT2D eigenvalue weighted by molar-refractivity contribution is -0.866. The van der Waals surface area contributed by atoms with E-state index in [1.807, 2.05) is 0 Å². The summed E-state index contributed by atoms with van der Waals surface area (Å²) in [6, 6.07) is 0. The maximum atomic E-state index is 12.3. The third-order valence-electron chi connectivity index (χ3n) is 2.96. The quantitative estimate of drug-likeness (QED) is 0.639. The molecular formula is C9H12F10N2O4S2. The number of quaternary nitrogens is 1. The maximum absolute atomic E-state index is 12.3. The molecule has 1 aliphatic heterocycles. The molecule has 164 valence electrons. The van der Waals surface area contributed by atoms with Gasteiger partial charge in [0.2, 0.25) is 0 Å². The number of nitrogens with one attached hydrogen (secondary N) is 1. The van der Waals surface area contributed by atoms with Crippen molar-refractivity contribution >= 4 is 20.0 Å². The van der Waals surface area contributed by atoms with Gasteiger partial charge in [0, 0.05) is 12.8 Å². The van der Waals surface area contributed by atoms with Crippen LogP contribution < -0.4 is 4.90 Å². The smallest absolute Gasteiger partial charge is 0.425 e. The molecule has 6 nitrogen and oxygen atoms in total. The summed E-state index contributed by atoms with van der Waals surface area (Å²) in [6.07, 6.45) is -11.1. The molecule has 0 aliphatic carbocycles. The monoisotopic (exact) mass is 466 g/mol. The van der Waals surface area contributed by atoms with Gasteiger partial charge < -0.3 is 9.03 Å². The maximum Gasteiger partial charge on any atom is 0.467 e. The summed E-state index contributed by atoms with van der Waals surface area (Å²) in [5.41, 5.74) is 0. The van der Waals surface area contributed by atoms with E-state index in [1.54, 1.807) is 4.90 Å². The zero-order valence-corrected chi connectivity index (χ0v) is 14.6. The molecule has 0 aromatic rings. The summed E-state index contributed by atoms with van der Waals surface area (Å²) in [5.74, 6) is 0. The Balaban J connectivity index is 0.000000941. The van der Waals surface area contributed by atoms with Crippen molar-refractivity contribution in [1.29, 1.82) is 0 Å². The van der Waals surface area contributed by atoms with Gasteiger partial charge in [-0.2, -0.15) is 43.9 Å². The van der Waals surface area contributed by atoms with E-state index in [9.17, 15) is 60.7 Å². The number of likely N-dealkylation sites (tertiary alicyclic amines) is 1. The van der Waals surface area contributed by atoms with Crippen LogP contribution in [0.1, 0.15) is 12.8 Å². The van der Waals surface area contributed by atoms with Gasteiger partial charge in [0.05, 0.1) is 20.1 Å². The Bertz CT molecular complexity index is 654. The Kier molecular flexibility index (Phi) is 7.60. The van der Waals surface area contributed by atoms with E-state index in [0.29, 0.717) is 4.13 Å². The summed E-state index contributed by atoms with van der Waals surface area (Å²) < 4.78 is 161. The molecule has 0 bridgehead atoms. The van der Waals surface area contributed by atoms with Crippen molar-refractivity contribution in [3.63, 3.8) is 0 Å². The third-order valence-corrected chi connectivity index (χ3v) is 6.29. The molecule has 0 aromatic heterocycles. The van der Waals surface area contributed by atoms with Gasteiger partial charge in [0.15, 0.2) is 20.0 Å². The van der Waals surface area contributed by atoms with Crippen molar-refractivity contribution in [2.45, 2.75) is 35.7 Å². The lowest BCUT2D eigenvalue weighted by atomic mass is 10.4. The van der Waals surface area contributed by atoms with Crippen LogP contribution in [-0.4, -0.2) is 59.8 Å². The highest BCUT2D eigenvalue weighted by Gasteiger charge is 2.68. The summed E-state index contributed by atoms with van der Waals surface area (Å²) in [5, 5.41) is -14.0. The van der Waals surface area contributed by atoms with Crippen molar-refractivity contribution in [3.05, 3.63) is 4.13 Å². The molecule has 0 saturated carbocycles. The summed E-state index contributed by atoms with van der Waals surface area (Å²) in [6.45, 7) is 2.81. The van der Waals surface area contributed by atoms with Crippen LogP contribution in [0.3, 0.4) is 0 Å². The highest BCUT2D eigenvalue weighted by molar-refractivity contribution is 8.13. The van der Waals surface area contributed by atoms with E-state index in [-0.39, 0.29) is 0 Å². The number of rotatable bonds is 4. The van der Waals surface area contributed by atoms with Gasteiger partial charge in [-0.3, -0.25) is 0 Å². The van der Waals surface area contributed by atoms with E-state index in [4.69, 9.17) is 0 Å². The molecule has 18 heteroatoms. The van der Waals surface area contributed by atoms with Crippen LogP contribution in [0.15, 0.2) is 0 Å². The zero-order valence-electron chi connectivity index (χ0n) is 13.0. The molecule has 0 radical (unpaired) electrons. The van der Waals surface area contributed by atoms with Gasteiger partial charge in [0.1, 0.15) is 0 Å². The number of hydrogen-bond donors (Lipinski definition) is 1. The van der Waals surface area contributed by atoms with Crippen molar-refractivity contribution in [3.8, 4) is 0 Å². The summed E-state index contributed by atoms with van der Waals surface area (Å²) in [7, 11) is -13.0. The molecule has 1 rings (SSSR count). The predicted molar refractivity (Wildman–Crippen MR) is 69.1 cm³/mol. The van der Waals surface area contributed by atoms with Crippen LogP contribution in [-0.2, 0) is 20.0 Å². The molecule has 1 heterocycles. The Morgan fingerprint density at radius 1 is 0.667 bits per heavy atom. The van der Waals surface area contributed by atoms with Crippen LogP contribution in [0.2, 0.25) is 0 Å². The normalized spacial score (nSPS) is 18.2. The Hall–Kier alpha value is -0.880. The largest absolute Gasteiger partial charge is 0.467 e. The molecule has 1 fully saturated rings. The van der Waals surface area contributed by atoms with Crippen LogP contribution in [0.4, 0.5) is 43.9 Å². The minimum atomic E-state index is -7.62. The highest BCUT2D eigenvalue weighted by atomic mass is 32.3. The molecule has 0 amide bonds. The topological polar surface area (TPSA) is 86.8 Å². The number of hydrogen-bond acceptors (Lipinski definition) is 4. The van der Waals surface area contributed by atoms with E-state index in [2.05, 4.69) is 7.05 Å². The first-order chi connectivity index (χ1) is 11.6. The first-order valence-corrected chi connectivity index (χ1v) is 9.42. The third kappa shape index (κ3) is 5.80.